The van der Waals surface area contributed by atoms with Gasteiger partial charge >= 0.3 is 23.9 Å². The number of carboxylic acid groups (broad SMARTS) is 1. The maximum absolute atomic E-state index is 10.7. The van der Waals surface area contributed by atoms with E-state index in [0.29, 0.717) is 5.92 Å². The molecule has 0 saturated heterocycles. The molecule has 0 N–H and O–H groups in total. The quantitative estimate of drug-likeness (QED) is 0.658. The fourth-order valence-electron chi connectivity index (χ4n) is 1.55. The van der Waals surface area contributed by atoms with Gasteiger partial charge in [-0.2, -0.15) is 0 Å². The molecule has 0 saturated carbocycles. The molecular formula is C15H25ClO2Sn. The van der Waals surface area contributed by atoms with E-state index in [0.717, 1.165) is 12.0 Å². The summed E-state index contributed by atoms with van der Waals surface area (Å²) in [4.78, 5) is 10.7. The Morgan fingerprint density at radius 1 is 1.11 bits per heavy atom. The van der Waals surface area contributed by atoms with Crippen LogP contribution in [0.15, 0.2) is 24.3 Å². The van der Waals surface area contributed by atoms with E-state index in [9.17, 15) is 9.90 Å². The first kappa shape index (κ1) is 27.2. The van der Waals surface area contributed by atoms with Crippen LogP contribution in [0.2, 0.25) is 0 Å². The Labute approximate surface area is 141 Å². The Morgan fingerprint density at radius 2 is 1.53 bits per heavy atom. The van der Waals surface area contributed by atoms with Gasteiger partial charge < -0.3 is 22.3 Å². The van der Waals surface area contributed by atoms with Crippen molar-refractivity contribution in [1.29, 1.82) is 0 Å². The Hall–Kier alpha value is -0.221. The van der Waals surface area contributed by atoms with Gasteiger partial charge in [-0.3, -0.25) is 0 Å². The maximum Gasteiger partial charge on any atom is 2.00 e. The zero-order chi connectivity index (χ0) is 11.4. The van der Waals surface area contributed by atoms with Crippen LogP contribution < -0.4 is 17.5 Å². The molecule has 2 nitrogen and oxygen atoms in total. The number of halogens is 1. The van der Waals surface area contributed by atoms with Gasteiger partial charge in [0, 0.05) is 11.9 Å². The van der Waals surface area contributed by atoms with E-state index < -0.39 is 11.9 Å². The molecule has 0 amide bonds. The van der Waals surface area contributed by atoms with Crippen LogP contribution in [0.1, 0.15) is 52.7 Å². The third-order valence-electron chi connectivity index (χ3n) is 2.48. The zero-order valence-electron chi connectivity index (χ0n) is 10.4. The monoisotopic (exact) mass is 392 g/mol. The summed E-state index contributed by atoms with van der Waals surface area (Å²) >= 11 is 0. The summed E-state index contributed by atoms with van der Waals surface area (Å²) in [6, 6.07) is 7.74. The molecular weight excluding hydrogens is 366 g/mol. The van der Waals surface area contributed by atoms with Crippen LogP contribution in [-0.4, -0.2) is 29.9 Å². The second kappa shape index (κ2) is 12.8. The predicted molar refractivity (Wildman–Crippen MR) is 77.6 cm³/mol. The normalized spacial score (nSPS) is 10.1. The van der Waals surface area contributed by atoms with Crippen molar-refractivity contribution >= 4 is 29.9 Å². The first-order valence-corrected chi connectivity index (χ1v) is 5.30. The Balaban J connectivity index is -0.000000281. The van der Waals surface area contributed by atoms with Gasteiger partial charge in [0.1, 0.15) is 0 Å². The topological polar surface area (TPSA) is 40.1 Å². The van der Waals surface area contributed by atoms with Gasteiger partial charge in [0.25, 0.3) is 0 Å². The van der Waals surface area contributed by atoms with Crippen LogP contribution in [0, 0.1) is 5.92 Å². The van der Waals surface area contributed by atoms with E-state index in [1.165, 1.54) is 5.56 Å². The minimum Gasteiger partial charge on any atom is -1.00 e. The van der Waals surface area contributed by atoms with Crippen LogP contribution in [0.4, 0.5) is 0 Å². The van der Waals surface area contributed by atoms with Crippen LogP contribution in [0.25, 0.3) is 0 Å². The van der Waals surface area contributed by atoms with Crippen LogP contribution in [0.5, 0.6) is 0 Å². The minimum absolute atomic E-state index is 0. The van der Waals surface area contributed by atoms with Crippen molar-refractivity contribution in [1.82, 2.24) is 0 Å². The number of hydrogen-bond donors (Lipinski definition) is 0. The van der Waals surface area contributed by atoms with Gasteiger partial charge in [0.15, 0.2) is 0 Å². The molecule has 1 unspecified atom stereocenters. The van der Waals surface area contributed by atoms with Crippen molar-refractivity contribution < 1.29 is 22.3 Å². The van der Waals surface area contributed by atoms with Crippen LogP contribution in [-0.2, 0) is 11.2 Å². The average Bonchev–Trinajstić information content (AvgIpc) is 2.17. The fourth-order valence-corrected chi connectivity index (χ4v) is 1.55. The number of carbonyl (C=O) groups excluding carboxylic acids is 1. The second-order valence-corrected chi connectivity index (χ2v) is 4.38. The smallest absolute Gasteiger partial charge is 1.00 e. The molecule has 2 radical (unpaired) electrons. The molecule has 0 bridgehead atoms. The van der Waals surface area contributed by atoms with E-state index in [4.69, 9.17) is 0 Å². The van der Waals surface area contributed by atoms with Gasteiger partial charge in [-0.25, -0.2) is 0 Å². The fraction of sp³-hybridized carbons (Fsp3) is 0.533. The van der Waals surface area contributed by atoms with E-state index in [-0.39, 0.29) is 51.2 Å². The van der Waals surface area contributed by atoms with E-state index in [1.54, 1.807) is 6.92 Å². The molecule has 0 heterocycles. The Bertz CT molecular complexity index is 337. The number of rotatable bonds is 4. The van der Waals surface area contributed by atoms with Gasteiger partial charge in [-0.05, 0) is 23.5 Å². The number of benzene rings is 1. The molecule has 0 aliphatic carbocycles. The molecule has 4 heteroatoms. The molecule has 0 aliphatic rings. The maximum atomic E-state index is 10.7. The molecule has 1 aromatic carbocycles. The Morgan fingerprint density at radius 3 is 1.84 bits per heavy atom. The molecule has 1 atom stereocenters. The molecule has 1 aromatic rings. The molecule has 0 spiro atoms. The van der Waals surface area contributed by atoms with Crippen molar-refractivity contribution in [3.05, 3.63) is 35.4 Å². The minimum atomic E-state index is -1.02. The largest absolute Gasteiger partial charge is 2.00 e. The molecule has 1 rings (SSSR count). The summed E-state index contributed by atoms with van der Waals surface area (Å²) in [7, 11) is 0. The van der Waals surface area contributed by atoms with E-state index >= 15 is 0 Å². The molecule has 0 aromatic heterocycles. The van der Waals surface area contributed by atoms with Crippen molar-refractivity contribution in [2.75, 3.05) is 0 Å². The third-order valence-corrected chi connectivity index (χ3v) is 2.48. The summed E-state index contributed by atoms with van der Waals surface area (Å²) < 4.78 is 0. The molecule has 0 fully saturated rings. The van der Waals surface area contributed by atoms with E-state index in [1.807, 2.05) is 24.3 Å². The molecule has 108 valence electrons. The third kappa shape index (κ3) is 9.33. The van der Waals surface area contributed by atoms with Crippen molar-refractivity contribution in [2.45, 2.75) is 48.0 Å². The standard InChI is InChI=1S/C13H18O2.2CH4.ClH.Sn/c1-9(2)8-11-4-6-12(7-5-11)10(3)13(14)15;;;;/h4-7,9-10H,8H2,1-3H3,(H,14,15);2*1H4;1H;/q;;;;+2/p-2. The van der Waals surface area contributed by atoms with Gasteiger partial charge in [-0.15, -0.1) is 0 Å². The number of aliphatic carboxylic acids is 1. The number of carboxylic acids is 1. The van der Waals surface area contributed by atoms with Crippen molar-refractivity contribution in [3.63, 3.8) is 0 Å². The SMILES string of the molecule is C.C.CC(C)Cc1ccc(C(C)C(=O)[O-])cc1.[Cl-].[Sn+2]. The first-order chi connectivity index (χ1) is 7.00. The number of hydrogen-bond acceptors (Lipinski definition) is 2. The van der Waals surface area contributed by atoms with Gasteiger partial charge in [0.2, 0.25) is 0 Å². The summed E-state index contributed by atoms with van der Waals surface area (Å²) in [6.07, 6.45) is 1.03. The van der Waals surface area contributed by atoms with Gasteiger partial charge in [0.05, 0.1) is 0 Å². The van der Waals surface area contributed by atoms with Crippen LogP contribution in [0.3, 0.4) is 0 Å². The summed E-state index contributed by atoms with van der Waals surface area (Å²) in [5.74, 6) is -0.931. The summed E-state index contributed by atoms with van der Waals surface area (Å²) in [6.45, 7) is 5.97. The Kier molecular flexibility index (Phi) is 18.3. The van der Waals surface area contributed by atoms with Crippen LogP contribution >= 0.6 is 0 Å². The second-order valence-electron chi connectivity index (χ2n) is 4.38. The zero-order valence-corrected chi connectivity index (χ0v) is 14.0. The average molecular weight is 392 g/mol. The van der Waals surface area contributed by atoms with Crippen molar-refractivity contribution in [2.24, 2.45) is 5.92 Å². The predicted octanol–water partition coefficient (Wildman–Crippen LogP) is -0.366. The van der Waals surface area contributed by atoms with Crippen molar-refractivity contribution in [3.8, 4) is 0 Å². The van der Waals surface area contributed by atoms with E-state index in [2.05, 4.69) is 13.8 Å². The number of carbonyl (C=O) groups is 1. The molecule has 19 heavy (non-hydrogen) atoms. The summed E-state index contributed by atoms with van der Waals surface area (Å²) in [5.41, 5.74) is 2.06. The molecule has 0 aliphatic heterocycles. The van der Waals surface area contributed by atoms with Gasteiger partial charge in [-0.1, -0.05) is 59.9 Å². The summed E-state index contributed by atoms with van der Waals surface area (Å²) in [5, 5.41) is 10.7. The first-order valence-electron chi connectivity index (χ1n) is 5.30.